The first-order chi connectivity index (χ1) is 7.84. The molecule has 0 spiro atoms. The highest BCUT2D eigenvalue weighted by Crippen LogP contribution is 2.39. The number of hydrogen-bond donors (Lipinski definition) is 0. The van der Waals surface area contributed by atoms with Gasteiger partial charge in [-0.05, 0) is 41.7 Å². The van der Waals surface area contributed by atoms with Crippen molar-refractivity contribution in [3.8, 4) is 0 Å². The summed E-state index contributed by atoms with van der Waals surface area (Å²) in [7, 11) is 0. The van der Waals surface area contributed by atoms with Crippen molar-refractivity contribution in [1.29, 1.82) is 0 Å². The molecule has 1 heteroatoms. The Bertz CT molecular complexity index is 506. The molecule has 0 saturated heterocycles. The van der Waals surface area contributed by atoms with E-state index in [1.807, 2.05) is 12.1 Å². The number of rotatable bonds is 1. The van der Waals surface area contributed by atoms with Crippen LogP contribution in [-0.4, -0.2) is 0 Å². The Labute approximate surface area is 101 Å². The van der Waals surface area contributed by atoms with Crippen LogP contribution in [0.3, 0.4) is 0 Å². The topological polar surface area (TPSA) is 0 Å². The van der Waals surface area contributed by atoms with Crippen molar-refractivity contribution in [3.05, 3.63) is 70.3 Å². The molecule has 1 aromatic carbocycles. The Balaban J connectivity index is 2.01. The Hall–Kier alpha value is -1.27. The van der Waals surface area contributed by atoms with Gasteiger partial charge in [-0.25, -0.2) is 0 Å². The van der Waals surface area contributed by atoms with Gasteiger partial charge < -0.3 is 0 Å². The van der Waals surface area contributed by atoms with Crippen LogP contribution in [0.1, 0.15) is 24.3 Å². The fourth-order valence-corrected chi connectivity index (χ4v) is 2.69. The van der Waals surface area contributed by atoms with Crippen molar-refractivity contribution >= 4 is 11.6 Å². The van der Waals surface area contributed by atoms with Crippen molar-refractivity contribution in [2.24, 2.45) is 0 Å². The zero-order valence-corrected chi connectivity index (χ0v) is 9.74. The lowest BCUT2D eigenvalue weighted by Crippen LogP contribution is -1.98. The van der Waals surface area contributed by atoms with Gasteiger partial charge in [-0.3, -0.25) is 0 Å². The van der Waals surface area contributed by atoms with Crippen molar-refractivity contribution in [2.45, 2.75) is 18.8 Å². The molecule has 0 nitrogen and oxygen atoms in total. The van der Waals surface area contributed by atoms with Crippen LogP contribution in [0.4, 0.5) is 0 Å². The zero-order valence-electron chi connectivity index (χ0n) is 8.99. The van der Waals surface area contributed by atoms with Gasteiger partial charge in [0, 0.05) is 10.9 Å². The molecule has 0 fully saturated rings. The highest BCUT2D eigenvalue weighted by Gasteiger charge is 2.21. The van der Waals surface area contributed by atoms with Crippen molar-refractivity contribution in [1.82, 2.24) is 0 Å². The fraction of sp³-hybridized carbons (Fsp3) is 0.200. The molecule has 0 radical (unpaired) electrons. The summed E-state index contributed by atoms with van der Waals surface area (Å²) < 4.78 is 0. The Morgan fingerprint density at radius 2 is 2.12 bits per heavy atom. The van der Waals surface area contributed by atoms with E-state index >= 15 is 0 Å². The molecule has 1 atom stereocenters. The number of hydrogen-bond acceptors (Lipinski definition) is 0. The minimum absolute atomic E-state index is 0.408. The third-order valence-electron chi connectivity index (χ3n) is 3.28. The number of halogens is 1. The number of allylic oxidation sites excluding steroid dienone is 6. The molecule has 80 valence electrons. The van der Waals surface area contributed by atoms with E-state index in [4.69, 9.17) is 11.6 Å². The summed E-state index contributed by atoms with van der Waals surface area (Å²) in [5.41, 5.74) is 4.24. The predicted octanol–water partition coefficient (Wildman–Crippen LogP) is 4.64. The SMILES string of the molecule is Clc1cccc(C2C=CC3=C2C=CCC3)c1. The monoisotopic (exact) mass is 228 g/mol. The molecule has 2 aliphatic carbocycles. The van der Waals surface area contributed by atoms with Crippen LogP contribution in [-0.2, 0) is 0 Å². The molecule has 2 aliphatic rings. The molecule has 3 rings (SSSR count). The van der Waals surface area contributed by atoms with Crippen molar-refractivity contribution in [2.75, 3.05) is 0 Å². The predicted molar refractivity (Wildman–Crippen MR) is 68.7 cm³/mol. The van der Waals surface area contributed by atoms with Crippen LogP contribution < -0.4 is 0 Å². The lowest BCUT2D eigenvalue weighted by molar-refractivity contribution is 0.941. The third kappa shape index (κ3) is 1.64. The first-order valence-electron chi connectivity index (χ1n) is 5.68. The smallest absolute Gasteiger partial charge is 0.0409 e. The summed E-state index contributed by atoms with van der Waals surface area (Å²) in [6, 6.07) is 8.17. The normalized spacial score (nSPS) is 22.7. The Morgan fingerprint density at radius 1 is 1.19 bits per heavy atom. The van der Waals surface area contributed by atoms with Crippen LogP contribution >= 0.6 is 11.6 Å². The van der Waals surface area contributed by atoms with Gasteiger partial charge in [-0.2, -0.15) is 0 Å². The van der Waals surface area contributed by atoms with Gasteiger partial charge in [0.15, 0.2) is 0 Å². The van der Waals surface area contributed by atoms with Gasteiger partial charge in [-0.1, -0.05) is 48.0 Å². The van der Waals surface area contributed by atoms with E-state index in [1.54, 1.807) is 0 Å². The Kier molecular flexibility index (Phi) is 2.45. The highest BCUT2D eigenvalue weighted by atomic mass is 35.5. The second kappa shape index (κ2) is 3.95. The first kappa shape index (κ1) is 9.92. The Morgan fingerprint density at radius 3 is 3.00 bits per heavy atom. The summed E-state index contributed by atoms with van der Waals surface area (Å²) in [5, 5.41) is 0.819. The van der Waals surface area contributed by atoms with Gasteiger partial charge in [0.25, 0.3) is 0 Å². The highest BCUT2D eigenvalue weighted by molar-refractivity contribution is 6.30. The van der Waals surface area contributed by atoms with Crippen LogP contribution in [0.15, 0.2) is 59.7 Å². The van der Waals surface area contributed by atoms with E-state index in [-0.39, 0.29) is 0 Å². The average Bonchev–Trinajstić information content (AvgIpc) is 2.72. The molecule has 0 bridgehead atoms. The van der Waals surface area contributed by atoms with Crippen LogP contribution in [0.25, 0.3) is 0 Å². The van der Waals surface area contributed by atoms with Crippen molar-refractivity contribution in [3.63, 3.8) is 0 Å². The lowest BCUT2D eigenvalue weighted by Gasteiger charge is -2.15. The van der Waals surface area contributed by atoms with Gasteiger partial charge in [0.05, 0.1) is 0 Å². The van der Waals surface area contributed by atoms with E-state index in [9.17, 15) is 0 Å². The fourth-order valence-electron chi connectivity index (χ4n) is 2.49. The van der Waals surface area contributed by atoms with Gasteiger partial charge >= 0.3 is 0 Å². The summed E-state index contributed by atoms with van der Waals surface area (Å²) in [5.74, 6) is 0.408. The van der Waals surface area contributed by atoms with E-state index < -0.39 is 0 Å². The third-order valence-corrected chi connectivity index (χ3v) is 3.52. The van der Waals surface area contributed by atoms with E-state index in [0.29, 0.717) is 5.92 Å². The molecule has 0 heterocycles. The molecular formula is C15H13Cl. The van der Waals surface area contributed by atoms with E-state index in [0.717, 1.165) is 5.02 Å². The largest absolute Gasteiger partial charge is 0.0843 e. The quantitative estimate of drug-likeness (QED) is 0.657. The van der Waals surface area contributed by atoms with Crippen LogP contribution in [0, 0.1) is 0 Å². The summed E-state index contributed by atoms with van der Waals surface area (Å²) in [6.45, 7) is 0. The van der Waals surface area contributed by atoms with E-state index in [1.165, 1.54) is 29.6 Å². The van der Waals surface area contributed by atoms with E-state index in [2.05, 4.69) is 36.4 Å². The average molecular weight is 229 g/mol. The maximum atomic E-state index is 6.04. The maximum absolute atomic E-state index is 6.04. The second-order valence-corrected chi connectivity index (χ2v) is 4.75. The van der Waals surface area contributed by atoms with Crippen LogP contribution in [0.2, 0.25) is 5.02 Å². The van der Waals surface area contributed by atoms with Gasteiger partial charge in [0.1, 0.15) is 0 Å². The number of benzene rings is 1. The summed E-state index contributed by atoms with van der Waals surface area (Å²) in [6.07, 6.45) is 11.4. The molecule has 16 heavy (non-hydrogen) atoms. The first-order valence-corrected chi connectivity index (χ1v) is 6.05. The molecule has 0 N–H and O–H groups in total. The molecule has 0 aliphatic heterocycles. The molecule has 0 saturated carbocycles. The zero-order chi connectivity index (χ0) is 11.0. The molecule has 1 aromatic rings. The summed E-state index contributed by atoms with van der Waals surface area (Å²) >= 11 is 6.04. The van der Waals surface area contributed by atoms with Gasteiger partial charge in [-0.15, -0.1) is 0 Å². The van der Waals surface area contributed by atoms with Gasteiger partial charge in [0.2, 0.25) is 0 Å². The lowest BCUT2D eigenvalue weighted by atomic mass is 9.89. The molecule has 0 aromatic heterocycles. The molecule has 0 amide bonds. The minimum Gasteiger partial charge on any atom is -0.0843 e. The van der Waals surface area contributed by atoms with Crippen molar-refractivity contribution < 1.29 is 0 Å². The summed E-state index contributed by atoms with van der Waals surface area (Å²) in [4.78, 5) is 0. The standard InChI is InChI=1S/C15H13Cl/c16-13-6-3-5-12(10-13)15-9-8-11-4-1-2-7-14(11)15/h2-3,5-10,15H,1,4H2. The van der Waals surface area contributed by atoms with Crippen LogP contribution in [0.5, 0.6) is 0 Å². The maximum Gasteiger partial charge on any atom is 0.0409 e. The molecule has 1 unspecified atom stereocenters. The minimum atomic E-state index is 0.408. The molecular weight excluding hydrogens is 216 g/mol. The second-order valence-electron chi connectivity index (χ2n) is 4.31.